The van der Waals surface area contributed by atoms with Gasteiger partial charge in [-0.2, -0.15) is 0 Å². The maximum absolute atomic E-state index is 3.70. The van der Waals surface area contributed by atoms with Gasteiger partial charge in [-0.25, -0.2) is 0 Å². The Balaban J connectivity index is 1.61. The van der Waals surface area contributed by atoms with Crippen LogP contribution in [0.15, 0.2) is 0 Å². The summed E-state index contributed by atoms with van der Waals surface area (Å²) in [6.45, 7) is 3.40. The van der Waals surface area contributed by atoms with Crippen molar-refractivity contribution in [2.24, 2.45) is 0 Å². The molecule has 19 heavy (non-hydrogen) atoms. The summed E-state index contributed by atoms with van der Waals surface area (Å²) < 4.78 is 0. The van der Waals surface area contributed by atoms with E-state index < -0.39 is 0 Å². The first-order chi connectivity index (χ1) is 9.38. The second kappa shape index (κ2) is 6.58. The number of hydrogen-bond donors (Lipinski definition) is 1. The molecule has 110 valence electrons. The van der Waals surface area contributed by atoms with E-state index >= 15 is 0 Å². The Morgan fingerprint density at radius 3 is 1.95 bits per heavy atom. The molecule has 0 spiro atoms. The zero-order valence-electron chi connectivity index (χ0n) is 12.7. The zero-order chi connectivity index (χ0) is 13.1. The Labute approximate surface area is 119 Å². The maximum atomic E-state index is 3.70. The van der Waals surface area contributed by atoms with E-state index in [9.17, 15) is 0 Å². The van der Waals surface area contributed by atoms with Gasteiger partial charge in [0.25, 0.3) is 0 Å². The lowest BCUT2D eigenvalue weighted by atomic mass is 9.90. The second-order valence-corrected chi connectivity index (χ2v) is 7.06. The molecule has 0 aromatic heterocycles. The highest BCUT2D eigenvalue weighted by Crippen LogP contribution is 2.39. The smallest absolute Gasteiger partial charge is 0.0116 e. The standard InChI is InChI=1S/C17H32N2/c1-2-18-14-12-16-10-11-17(13-14)19(16)15-8-6-4-3-5-7-9-15/h14-18H,2-13H2,1H3. The molecule has 1 N–H and O–H groups in total. The summed E-state index contributed by atoms with van der Waals surface area (Å²) >= 11 is 0. The van der Waals surface area contributed by atoms with Crippen LogP contribution < -0.4 is 5.32 Å². The molecule has 2 nitrogen and oxygen atoms in total. The number of fused-ring (bicyclic) bond motifs is 2. The summed E-state index contributed by atoms with van der Waals surface area (Å²) in [4.78, 5) is 2.99. The van der Waals surface area contributed by atoms with Crippen molar-refractivity contribution in [1.82, 2.24) is 10.2 Å². The van der Waals surface area contributed by atoms with Crippen LogP contribution in [0.1, 0.15) is 77.6 Å². The SMILES string of the molecule is CCNC1CC2CCC(C1)N2C1CCCCCCC1. The molecule has 1 saturated carbocycles. The average molecular weight is 264 g/mol. The summed E-state index contributed by atoms with van der Waals surface area (Å²) in [5.41, 5.74) is 0. The molecule has 2 aliphatic heterocycles. The lowest BCUT2D eigenvalue weighted by Gasteiger charge is -2.44. The Morgan fingerprint density at radius 2 is 1.37 bits per heavy atom. The van der Waals surface area contributed by atoms with Crippen molar-refractivity contribution in [3.05, 3.63) is 0 Å². The van der Waals surface area contributed by atoms with E-state index in [0.29, 0.717) is 0 Å². The van der Waals surface area contributed by atoms with E-state index in [1.807, 2.05) is 0 Å². The number of hydrogen-bond acceptors (Lipinski definition) is 2. The van der Waals surface area contributed by atoms with Crippen LogP contribution in [0.4, 0.5) is 0 Å². The highest BCUT2D eigenvalue weighted by molar-refractivity contribution is 5.00. The quantitative estimate of drug-likeness (QED) is 0.836. The minimum Gasteiger partial charge on any atom is -0.314 e. The molecule has 1 aliphatic carbocycles. The van der Waals surface area contributed by atoms with Gasteiger partial charge < -0.3 is 5.32 Å². The topological polar surface area (TPSA) is 15.3 Å². The Hall–Kier alpha value is -0.0800. The number of piperidine rings is 1. The summed E-state index contributed by atoms with van der Waals surface area (Å²) in [7, 11) is 0. The molecule has 0 aromatic carbocycles. The molecule has 0 radical (unpaired) electrons. The molecule has 2 saturated heterocycles. The number of nitrogens with zero attached hydrogens (tertiary/aromatic N) is 1. The lowest BCUT2D eigenvalue weighted by molar-refractivity contribution is 0.0569. The predicted molar refractivity (Wildman–Crippen MR) is 81.5 cm³/mol. The predicted octanol–water partition coefficient (Wildman–Crippen LogP) is 3.70. The highest BCUT2D eigenvalue weighted by Gasteiger charge is 2.43. The fourth-order valence-electron chi connectivity index (χ4n) is 5.00. The van der Waals surface area contributed by atoms with Crippen LogP contribution in [0.3, 0.4) is 0 Å². The first kappa shape index (κ1) is 13.9. The Morgan fingerprint density at radius 1 is 0.789 bits per heavy atom. The summed E-state index contributed by atoms with van der Waals surface area (Å²) in [6.07, 6.45) is 16.2. The summed E-state index contributed by atoms with van der Waals surface area (Å²) in [6, 6.07) is 3.56. The van der Waals surface area contributed by atoms with E-state index in [0.717, 1.165) is 30.7 Å². The third-order valence-corrected chi connectivity index (χ3v) is 5.78. The molecule has 2 unspecified atom stereocenters. The van der Waals surface area contributed by atoms with Crippen molar-refractivity contribution in [1.29, 1.82) is 0 Å². The molecule has 3 fully saturated rings. The zero-order valence-corrected chi connectivity index (χ0v) is 12.7. The molecular formula is C17H32N2. The van der Waals surface area contributed by atoms with Crippen LogP contribution in [-0.2, 0) is 0 Å². The van der Waals surface area contributed by atoms with Gasteiger partial charge in [-0.1, -0.05) is 39.0 Å². The van der Waals surface area contributed by atoms with Gasteiger partial charge in [0, 0.05) is 24.2 Å². The van der Waals surface area contributed by atoms with Crippen LogP contribution in [0.25, 0.3) is 0 Å². The second-order valence-electron chi connectivity index (χ2n) is 7.06. The molecule has 0 aromatic rings. The van der Waals surface area contributed by atoms with Crippen LogP contribution in [-0.4, -0.2) is 35.6 Å². The number of rotatable bonds is 3. The van der Waals surface area contributed by atoms with Crippen LogP contribution in [0, 0.1) is 0 Å². The van der Waals surface area contributed by atoms with Gasteiger partial charge in [-0.05, 0) is 45.1 Å². The van der Waals surface area contributed by atoms with Crippen LogP contribution >= 0.6 is 0 Å². The molecule has 3 rings (SSSR count). The highest BCUT2D eigenvalue weighted by atomic mass is 15.3. The molecule has 3 aliphatic rings. The van der Waals surface area contributed by atoms with Gasteiger partial charge >= 0.3 is 0 Å². The molecular weight excluding hydrogens is 232 g/mol. The van der Waals surface area contributed by atoms with E-state index in [4.69, 9.17) is 0 Å². The maximum Gasteiger partial charge on any atom is 0.0116 e. The van der Waals surface area contributed by atoms with Crippen molar-refractivity contribution >= 4 is 0 Å². The first-order valence-electron chi connectivity index (χ1n) is 8.89. The first-order valence-corrected chi connectivity index (χ1v) is 8.89. The van der Waals surface area contributed by atoms with E-state index in [2.05, 4.69) is 17.1 Å². The monoisotopic (exact) mass is 264 g/mol. The van der Waals surface area contributed by atoms with Gasteiger partial charge in [0.15, 0.2) is 0 Å². The Bertz CT molecular complexity index is 256. The van der Waals surface area contributed by atoms with Crippen molar-refractivity contribution in [2.45, 2.75) is 102 Å². The average Bonchev–Trinajstić information content (AvgIpc) is 2.63. The molecule has 0 amide bonds. The van der Waals surface area contributed by atoms with E-state index in [-0.39, 0.29) is 0 Å². The van der Waals surface area contributed by atoms with Crippen LogP contribution in [0.2, 0.25) is 0 Å². The van der Waals surface area contributed by atoms with Crippen molar-refractivity contribution < 1.29 is 0 Å². The third kappa shape index (κ3) is 3.16. The van der Waals surface area contributed by atoms with Gasteiger partial charge in [0.1, 0.15) is 0 Å². The van der Waals surface area contributed by atoms with E-state index in [1.54, 1.807) is 0 Å². The minimum atomic E-state index is 0.812. The van der Waals surface area contributed by atoms with Gasteiger partial charge in [-0.15, -0.1) is 0 Å². The molecule has 2 heteroatoms. The summed E-state index contributed by atoms with van der Waals surface area (Å²) in [5, 5.41) is 3.70. The normalized spacial score (nSPS) is 38.1. The van der Waals surface area contributed by atoms with Crippen molar-refractivity contribution in [3.8, 4) is 0 Å². The fraction of sp³-hybridized carbons (Fsp3) is 1.00. The summed E-state index contributed by atoms with van der Waals surface area (Å²) in [5.74, 6) is 0. The van der Waals surface area contributed by atoms with Gasteiger partial charge in [-0.3, -0.25) is 4.90 Å². The van der Waals surface area contributed by atoms with Crippen LogP contribution in [0.5, 0.6) is 0 Å². The fourth-order valence-corrected chi connectivity index (χ4v) is 5.00. The molecule has 2 heterocycles. The van der Waals surface area contributed by atoms with Crippen molar-refractivity contribution in [2.75, 3.05) is 6.54 Å². The Kier molecular flexibility index (Phi) is 4.81. The third-order valence-electron chi connectivity index (χ3n) is 5.78. The number of nitrogens with one attached hydrogen (secondary N) is 1. The van der Waals surface area contributed by atoms with Crippen molar-refractivity contribution in [3.63, 3.8) is 0 Å². The molecule has 2 bridgehead atoms. The van der Waals surface area contributed by atoms with Gasteiger partial charge in [0.2, 0.25) is 0 Å². The lowest BCUT2D eigenvalue weighted by Crippen LogP contribution is -2.53. The van der Waals surface area contributed by atoms with Gasteiger partial charge in [0.05, 0.1) is 0 Å². The van der Waals surface area contributed by atoms with E-state index in [1.165, 1.54) is 70.6 Å². The molecule has 2 atom stereocenters. The largest absolute Gasteiger partial charge is 0.314 e. The minimum absolute atomic E-state index is 0.812.